The molecule has 0 radical (unpaired) electrons. The van der Waals surface area contributed by atoms with Crippen LogP contribution in [-0.2, 0) is 74.7 Å². The van der Waals surface area contributed by atoms with Crippen molar-refractivity contribution in [1.29, 1.82) is 0 Å². The lowest BCUT2D eigenvalue weighted by Crippen LogP contribution is -2.56. The zero-order valence-corrected chi connectivity index (χ0v) is 46.0. The van der Waals surface area contributed by atoms with Crippen LogP contribution in [0.5, 0.6) is 0 Å². The summed E-state index contributed by atoms with van der Waals surface area (Å²) in [5.74, 6) is -8.56. The topological polar surface area (TPSA) is 153 Å². The van der Waals surface area contributed by atoms with E-state index in [-0.39, 0.29) is 32.1 Å². The summed E-state index contributed by atoms with van der Waals surface area (Å²) in [7, 11) is 2.57. The summed E-state index contributed by atoms with van der Waals surface area (Å²) in [6.45, 7) is -0.660. The molecule has 25 heteroatoms. The van der Waals surface area contributed by atoms with Crippen LogP contribution >= 0.6 is 0 Å². The van der Waals surface area contributed by atoms with Gasteiger partial charge in [-0.2, -0.15) is 52.7 Å². The number of carbonyl (C=O) groups excluding carboxylic acids is 5. The zero-order chi connectivity index (χ0) is 61.9. The van der Waals surface area contributed by atoms with Gasteiger partial charge in [-0.3, -0.25) is 14.5 Å². The number of benzene rings is 4. The summed E-state index contributed by atoms with van der Waals surface area (Å²) in [5.41, 5.74) is -17.2. The Kier molecular flexibility index (Phi) is 21.6. The number of hydrogen-bond donors (Lipinski definition) is 0. The number of hydrogen-bond acceptors (Lipinski definition) is 12. The third kappa shape index (κ3) is 12.8. The highest BCUT2D eigenvalue weighted by atomic mass is 19.4. The maximum Gasteiger partial charge on any atom is 0.432 e. The molecule has 0 unspecified atom stereocenters. The molecule has 460 valence electrons. The van der Waals surface area contributed by atoms with Gasteiger partial charge in [0.05, 0.1) is 6.04 Å². The monoisotopic (exact) mass is 1210 g/mol. The molecule has 0 aromatic heterocycles. The lowest BCUT2D eigenvalue weighted by molar-refractivity contribution is -0.285. The first-order chi connectivity index (χ1) is 39.6. The van der Waals surface area contributed by atoms with E-state index in [9.17, 15) is 37.1 Å². The molecular formula is C59H63F12NO12. The van der Waals surface area contributed by atoms with E-state index in [4.69, 9.17) is 33.2 Å². The van der Waals surface area contributed by atoms with Crippen molar-refractivity contribution in [3.8, 4) is 0 Å². The number of Topliss-reactive ketones (excluding diaryl/α,β-unsaturated/α-hetero) is 2. The Labute approximate surface area is 476 Å². The predicted octanol–water partition coefficient (Wildman–Crippen LogP) is 12.9. The molecule has 84 heavy (non-hydrogen) atoms. The second kappa shape index (κ2) is 27.2. The van der Waals surface area contributed by atoms with Gasteiger partial charge in [0.15, 0.2) is 23.8 Å². The van der Waals surface area contributed by atoms with Gasteiger partial charge in [0.1, 0.15) is 12.6 Å². The Morgan fingerprint density at radius 1 is 0.476 bits per heavy atom. The largest absolute Gasteiger partial charge is 0.453 e. The first-order valence-corrected chi connectivity index (χ1v) is 26.8. The van der Waals surface area contributed by atoms with Crippen LogP contribution in [0.15, 0.2) is 121 Å². The number of esters is 2. The van der Waals surface area contributed by atoms with Crippen molar-refractivity contribution in [2.45, 2.75) is 148 Å². The zero-order valence-electron chi connectivity index (χ0n) is 46.0. The van der Waals surface area contributed by atoms with E-state index in [1.54, 1.807) is 0 Å². The number of carbonyl (C=O) groups is 5. The number of ketones is 2. The van der Waals surface area contributed by atoms with Crippen LogP contribution in [0.4, 0.5) is 57.5 Å². The van der Waals surface area contributed by atoms with Crippen LogP contribution in [-0.4, -0.2) is 119 Å². The second-order valence-electron chi connectivity index (χ2n) is 20.3. The Hall–Kier alpha value is -6.57. The first kappa shape index (κ1) is 66.6. The number of unbranched alkanes of at least 4 members (excludes halogenated alkanes) is 6. The molecule has 4 aromatic carbocycles. The summed E-state index contributed by atoms with van der Waals surface area (Å²) >= 11 is 0. The minimum atomic E-state index is -5.54. The smallest absolute Gasteiger partial charge is 0.432 e. The molecule has 2 saturated heterocycles. The SMILES string of the molecule is CO[C@@](C(=O)CCC[C@H](CCCCCCCCC[C@@H]1[C@@H](OC(=O)[C@](OC)(c2ccccc2)C(F)(F)F)[C@H](OC(=O)[C@](OC)(c2ccccc2)C(F)(F)F)[C@H]2COC(=O)N12)C(=O)[C@](OC)(c1ccccc1)C(F)(F)F)(c1ccccc1)C(F)(F)F. The number of ether oxygens (including phenoxy) is 7. The molecule has 0 saturated carbocycles. The van der Waals surface area contributed by atoms with E-state index in [1.165, 1.54) is 72.8 Å². The number of rotatable bonds is 29. The van der Waals surface area contributed by atoms with E-state index in [0.717, 1.165) is 53.4 Å². The number of amides is 1. The van der Waals surface area contributed by atoms with E-state index in [0.29, 0.717) is 54.1 Å². The standard InChI is InChI=1S/C59H63F12NO12/c1-78-52(56(60,61)62,39-27-15-10-16-28-39)45(73)36-24-26-38(48(74)53(79-2,57(63,64)65)40-29-17-11-18-30-40)25-14-8-6-5-7-9-23-35-43-46(83-49(75)54(80-3,58(66,67)68)41-31-19-12-20-32-41)47(44-37-82-51(77)72(43)44)84-50(76)55(81-4,59(69,70)71)42-33-21-13-22-34-42/h10-13,15-22,27-34,38,43-44,46-47H,5-9,14,23-26,35-37H2,1-4H3/t38-,43+,44+,46+,47+,52+,53+,54+,55+/m0/s1. The van der Waals surface area contributed by atoms with E-state index < -0.39 is 155 Å². The van der Waals surface area contributed by atoms with Crippen LogP contribution in [0.2, 0.25) is 0 Å². The molecule has 4 aromatic rings. The molecular weight excluding hydrogens is 1140 g/mol. The third-order valence-corrected chi connectivity index (χ3v) is 15.6. The minimum absolute atomic E-state index is 0.103. The van der Waals surface area contributed by atoms with E-state index in [2.05, 4.69) is 0 Å². The molecule has 0 spiro atoms. The van der Waals surface area contributed by atoms with Crippen molar-refractivity contribution in [1.82, 2.24) is 4.90 Å². The van der Waals surface area contributed by atoms with Gasteiger partial charge in [-0.15, -0.1) is 0 Å². The summed E-state index contributed by atoms with van der Waals surface area (Å²) < 4.78 is 217. The van der Waals surface area contributed by atoms with Gasteiger partial charge in [0.2, 0.25) is 11.2 Å². The highest BCUT2D eigenvalue weighted by Gasteiger charge is 2.70. The molecule has 0 bridgehead atoms. The molecule has 2 aliphatic heterocycles. The van der Waals surface area contributed by atoms with Gasteiger partial charge in [0.25, 0.3) is 11.2 Å². The van der Waals surface area contributed by atoms with Crippen molar-refractivity contribution >= 4 is 29.6 Å². The molecule has 6 rings (SSSR count). The molecule has 9 atom stereocenters. The summed E-state index contributed by atoms with van der Waals surface area (Å²) in [6.07, 6.45) is -27.1. The van der Waals surface area contributed by atoms with Gasteiger partial charge >= 0.3 is 42.7 Å². The number of nitrogens with zero attached hydrogens (tertiary/aromatic N) is 1. The Bertz CT molecular complexity index is 2830. The van der Waals surface area contributed by atoms with Crippen LogP contribution in [0.1, 0.15) is 99.3 Å². The predicted molar refractivity (Wildman–Crippen MR) is 274 cm³/mol. The average molecular weight is 1210 g/mol. The van der Waals surface area contributed by atoms with Crippen LogP contribution < -0.4 is 0 Å². The average Bonchev–Trinajstić information content (AvgIpc) is 1.54. The number of fused-ring (bicyclic) bond motifs is 1. The summed E-state index contributed by atoms with van der Waals surface area (Å²) in [4.78, 5) is 70.5. The molecule has 2 fully saturated rings. The summed E-state index contributed by atoms with van der Waals surface area (Å²) in [5, 5.41) is 0. The lowest BCUT2D eigenvalue weighted by atomic mass is 9.77. The maximum absolute atomic E-state index is 15.2. The third-order valence-electron chi connectivity index (χ3n) is 15.6. The first-order valence-electron chi connectivity index (χ1n) is 26.8. The van der Waals surface area contributed by atoms with Gasteiger partial charge in [-0.05, 0) is 25.7 Å². The summed E-state index contributed by atoms with van der Waals surface area (Å²) in [6, 6.07) is 20.2. The molecule has 13 nitrogen and oxygen atoms in total. The molecule has 0 aliphatic carbocycles. The highest BCUT2D eigenvalue weighted by molar-refractivity contribution is 5.92. The Morgan fingerprint density at radius 3 is 1.21 bits per heavy atom. The fourth-order valence-corrected chi connectivity index (χ4v) is 11.4. The second-order valence-corrected chi connectivity index (χ2v) is 20.3. The van der Waals surface area contributed by atoms with Crippen LogP contribution in [0.25, 0.3) is 0 Å². The molecule has 2 heterocycles. The molecule has 1 amide bonds. The van der Waals surface area contributed by atoms with Gasteiger partial charge in [0, 0.05) is 63.0 Å². The lowest BCUT2D eigenvalue weighted by Gasteiger charge is -2.36. The van der Waals surface area contributed by atoms with E-state index in [1.807, 2.05) is 0 Å². The normalized spacial score (nSPS) is 20.8. The highest BCUT2D eigenvalue weighted by Crippen LogP contribution is 2.50. The van der Waals surface area contributed by atoms with Gasteiger partial charge < -0.3 is 33.2 Å². The van der Waals surface area contributed by atoms with Crippen molar-refractivity contribution < 1.29 is 110 Å². The number of cyclic esters (lactones) is 1. The maximum atomic E-state index is 15.2. The van der Waals surface area contributed by atoms with Gasteiger partial charge in [-0.1, -0.05) is 166 Å². The van der Waals surface area contributed by atoms with Crippen molar-refractivity contribution in [2.75, 3.05) is 35.0 Å². The number of halogens is 12. The van der Waals surface area contributed by atoms with Crippen molar-refractivity contribution in [3.63, 3.8) is 0 Å². The number of alkyl halides is 12. The number of methoxy groups -OCH3 is 4. The van der Waals surface area contributed by atoms with Crippen LogP contribution in [0.3, 0.4) is 0 Å². The van der Waals surface area contributed by atoms with Crippen molar-refractivity contribution in [3.05, 3.63) is 144 Å². The Morgan fingerprint density at radius 2 is 0.821 bits per heavy atom. The van der Waals surface area contributed by atoms with Crippen molar-refractivity contribution in [2.24, 2.45) is 5.92 Å². The molecule has 2 aliphatic rings. The molecule has 0 N–H and O–H groups in total. The van der Waals surface area contributed by atoms with Crippen LogP contribution in [0, 0.1) is 5.92 Å². The van der Waals surface area contributed by atoms with E-state index >= 15 is 39.5 Å². The van der Waals surface area contributed by atoms with Gasteiger partial charge in [-0.25, -0.2) is 14.4 Å². The Balaban J connectivity index is 1.19. The fourth-order valence-electron chi connectivity index (χ4n) is 11.4. The minimum Gasteiger partial charge on any atom is -0.453 e. The quantitative estimate of drug-likeness (QED) is 0.0220. The fraction of sp³-hybridized carbons (Fsp3) is 0.508.